The van der Waals surface area contributed by atoms with Gasteiger partial charge in [0.2, 0.25) is 5.13 Å². The molecule has 0 spiro atoms. The first-order valence-corrected chi connectivity index (χ1v) is 11.4. The molecule has 0 aliphatic heterocycles. The molecule has 0 radical (unpaired) electrons. The Kier molecular flexibility index (Phi) is 6.42. The average molecular weight is 459 g/mol. The van der Waals surface area contributed by atoms with E-state index in [-0.39, 0.29) is 17.1 Å². The van der Waals surface area contributed by atoms with Crippen LogP contribution in [0.5, 0.6) is 0 Å². The number of hydrogen-bond acceptors (Lipinski definition) is 6. The van der Waals surface area contributed by atoms with Crippen molar-refractivity contribution in [3.05, 3.63) is 89.4 Å². The molecule has 0 atom stereocenters. The standard InChI is InChI=1S/C26H26N4O2S/c1-17-7-11-19(12-8-17)22-24(29-23(31)21-6-5-15-32-21)33-25(28-22)30-27-16-18-9-13-20(14-10-18)26(2,3)4/h5-16H,1-4H3,(H,28,30)(H,29,31). The molecule has 0 bridgehead atoms. The first kappa shape index (κ1) is 22.5. The summed E-state index contributed by atoms with van der Waals surface area (Å²) in [5.74, 6) is -0.0875. The first-order chi connectivity index (χ1) is 15.8. The lowest BCUT2D eigenvalue weighted by Gasteiger charge is -2.18. The summed E-state index contributed by atoms with van der Waals surface area (Å²) in [6.07, 6.45) is 3.22. The summed E-state index contributed by atoms with van der Waals surface area (Å²) in [5.41, 5.74) is 8.08. The number of amides is 1. The van der Waals surface area contributed by atoms with Crippen molar-refractivity contribution in [1.29, 1.82) is 0 Å². The van der Waals surface area contributed by atoms with Crippen molar-refractivity contribution >= 4 is 33.6 Å². The van der Waals surface area contributed by atoms with E-state index < -0.39 is 0 Å². The Morgan fingerprint density at radius 1 is 1.06 bits per heavy atom. The lowest BCUT2D eigenvalue weighted by molar-refractivity contribution is 0.0997. The molecule has 4 aromatic rings. The number of rotatable bonds is 6. The van der Waals surface area contributed by atoms with Crippen LogP contribution < -0.4 is 10.7 Å². The van der Waals surface area contributed by atoms with Crippen molar-refractivity contribution in [1.82, 2.24) is 4.98 Å². The van der Waals surface area contributed by atoms with Gasteiger partial charge in [-0.15, -0.1) is 0 Å². The van der Waals surface area contributed by atoms with Crippen molar-refractivity contribution < 1.29 is 9.21 Å². The molecule has 2 aromatic carbocycles. The van der Waals surface area contributed by atoms with E-state index in [1.165, 1.54) is 23.2 Å². The third-order valence-electron chi connectivity index (χ3n) is 5.07. The number of nitrogens with zero attached hydrogens (tertiary/aromatic N) is 2. The van der Waals surface area contributed by atoms with Crippen LogP contribution in [0.15, 0.2) is 76.4 Å². The number of aryl methyl sites for hydroxylation is 1. The number of hydrogen-bond donors (Lipinski definition) is 2. The van der Waals surface area contributed by atoms with Gasteiger partial charge in [0.1, 0.15) is 10.7 Å². The van der Waals surface area contributed by atoms with E-state index in [1.807, 2.05) is 43.3 Å². The zero-order valence-corrected chi connectivity index (χ0v) is 19.9. The molecule has 0 saturated carbocycles. The number of anilines is 2. The van der Waals surface area contributed by atoms with Crippen LogP contribution in [0.2, 0.25) is 0 Å². The van der Waals surface area contributed by atoms with Gasteiger partial charge < -0.3 is 9.73 Å². The summed E-state index contributed by atoms with van der Waals surface area (Å²) in [6.45, 7) is 8.59. The van der Waals surface area contributed by atoms with Crippen LogP contribution in [0.3, 0.4) is 0 Å². The molecule has 0 unspecified atom stereocenters. The number of carbonyl (C=O) groups excluding carboxylic acids is 1. The largest absolute Gasteiger partial charge is 0.459 e. The van der Waals surface area contributed by atoms with E-state index in [2.05, 4.69) is 53.7 Å². The van der Waals surface area contributed by atoms with E-state index in [1.54, 1.807) is 18.3 Å². The van der Waals surface area contributed by atoms with Crippen LogP contribution in [0.4, 0.5) is 10.1 Å². The van der Waals surface area contributed by atoms with Gasteiger partial charge in [0.25, 0.3) is 5.91 Å². The fourth-order valence-electron chi connectivity index (χ4n) is 3.16. The smallest absolute Gasteiger partial charge is 0.292 e. The zero-order valence-electron chi connectivity index (χ0n) is 19.0. The van der Waals surface area contributed by atoms with Crippen molar-refractivity contribution in [2.75, 3.05) is 10.7 Å². The van der Waals surface area contributed by atoms with Gasteiger partial charge in [-0.2, -0.15) is 5.10 Å². The van der Waals surface area contributed by atoms with Crippen LogP contribution in [-0.2, 0) is 5.41 Å². The molecule has 0 aliphatic carbocycles. The molecule has 0 fully saturated rings. The molecule has 0 saturated heterocycles. The van der Waals surface area contributed by atoms with Crippen molar-refractivity contribution in [3.63, 3.8) is 0 Å². The van der Waals surface area contributed by atoms with Crippen molar-refractivity contribution in [2.45, 2.75) is 33.1 Å². The predicted molar refractivity (Wildman–Crippen MR) is 135 cm³/mol. The van der Waals surface area contributed by atoms with Gasteiger partial charge in [-0.1, -0.05) is 86.2 Å². The molecule has 168 valence electrons. The van der Waals surface area contributed by atoms with Crippen LogP contribution in [-0.4, -0.2) is 17.1 Å². The number of benzene rings is 2. The number of aromatic nitrogens is 1. The van der Waals surface area contributed by atoms with Crippen molar-refractivity contribution in [3.8, 4) is 11.3 Å². The quantitative estimate of drug-likeness (QED) is 0.249. The minimum atomic E-state index is -0.328. The maximum Gasteiger partial charge on any atom is 0.292 e. The second kappa shape index (κ2) is 9.42. The third-order valence-corrected chi connectivity index (χ3v) is 5.95. The maximum atomic E-state index is 12.5. The van der Waals surface area contributed by atoms with Crippen LogP contribution >= 0.6 is 11.3 Å². The normalized spacial score (nSPS) is 11.6. The fourth-order valence-corrected chi connectivity index (χ4v) is 4.00. The van der Waals surface area contributed by atoms with Gasteiger partial charge in [-0.05, 0) is 35.6 Å². The topological polar surface area (TPSA) is 79.5 Å². The second-order valence-corrected chi connectivity index (χ2v) is 9.74. The molecule has 2 N–H and O–H groups in total. The Morgan fingerprint density at radius 3 is 2.42 bits per heavy atom. The molecular formula is C26H26N4O2S. The Balaban J connectivity index is 1.54. The summed E-state index contributed by atoms with van der Waals surface area (Å²) >= 11 is 1.32. The molecule has 7 heteroatoms. The number of nitrogens with one attached hydrogen (secondary N) is 2. The van der Waals surface area contributed by atoms with Crippen LogP contribution in [0.1, 0.15) is 48.0 Å². The predicted octanol–water partition coefficient (Wildman–Crippen LogP) is 6.71. The molecule has 2 aromatic heterocycles. The van der Waals surface area contributed by atoms with E-state index >= 15 is 0 Å². The minimum absolute atomic E-state index is 0.109. The molecule has 2 heterocycles. The summed E-state index contributed by atoms with van der Waals surface area (Å²) in [7, 11) is 0. The van der Waals surface area contributed by atoms with Gasteiger partial charge in [-0.3, -0.25) is 10.2 Å². The van der Waals surface area contributed by atoms with E-state index in [0.29, 0.717) is 15.8 Å². The molecule has 0 aliphatic rings. The van der Waals surface area contributed by atoms with E-state index in [0.717, 1.165) is 16.7 Å². The molecular weight excluding hydrogens is 432 g/mol. The summed E-state index contributed by atoms with van der Waals surface area (Å²) in [4.78, 5) is 17.2. The fraction of sp³-hybridized carbons (Fsp3) is 0.192. The first-order valence-electron chi connectivity index (χ1n) is 10.6. The third kappa shape index (κ3) is 5.56. The number of hydrazone groups is 1. The average Bonchev–Trinajstić information content (AvgIpc) is 3.45. The number of carbonyl (C=O) groups is 1. The molecule has 6 nitrogen and oxygen atoms in total. The Hall–Kier alpha value is -3.71. The van der Waals surface area contributed by atoms with Gasteiger partial charge in [0.05, 0.1) is 12.5 Å². The van der Waals surface area contributed by atoms with E-state index in [4.69, 9.17) is 4.42 Å². The number of furan rings is 1. The zero-order chi connectivity index (χ0) is 23.4. The van der Waals surface area contributed by atoms with Crippen LogP contribution in [0.25, 0.3) is 11.3 Å². The molecule has 4 rings (SSSR count). The Labute approximate surface area is 197 Å². The lowest BCUT2D eigenvalue weighted by Crippen LogP contribution is -2.10. The SMILES string of the molecule is Cc1ccc(-c2nc(NN=Cc3ccc(C(C)(C)C)cc3)sc2NC(=O)c2ccco2)cc1. The highest BCUT2D eigenvalue weighted by molar-refractivity contribution is 7.20. The minimum Gasteiger partial charge on any atom is -0.459 e. The molecule has 1 amide bonds. The summed E-state index contributed by atoms with van der Waals surface area (Å²) in [5, 5.41) is 8.43. The van der Waals surface area contributed by atoms with Crippen molar-refractivity contribution in [2.24, 2.45) is 5.10 Å². The Bertz CT molecular complexity index is 1250. The lowest BCUT2D eigenvalue weighted by atomic mass is 9.87. The monoisotopic (exact) mass is 458 g/mol. The number of thiazole rings is 1. The Morgan fingerprint density at radius 2 is 1.79 bits per heavy atom. The second-order valence-electron chi connectivity index (χ2n) is 8.74. The summed E-state index contributed by atoms with van der Waals surface area (Å²) < 4.78 is 5.21. The maximum absolute atomic E-state index is 12.5. The molecule has 33 heavy (non-hydrogen) atoms. The van der Waals surface area contributed by atoms with Gasteiger partial charge >= 0.3 is 0 Å². The highest BCUT2D eigenvalue weighted by Gasteiger charge is 2.18. The summed E-state index contributed by atoms with van der Waals surface area (Å²) in [6, 6.07) is 19.6. The highest BCUT2D eigenvalue weighted by atomic mass is 32.1. The van der Waals surface area contributed by atoms with Gasteiger partial charge in [0, 0.05) is 5.56 Å². The van der Waals surface area contributed by atoms with E-state index in [9.17, 15) is 4.79 Å². The van der Waals surface area contributed by atoms with Gasteiger partial charge in [-0.25, -0.2) is 4.98 Å². The van der Waals surface area contributed by atoms with Crippen LogP contribution in [0, 0.1) is 6.92 Å². The highest BCUT2D eigenvalue weighted by Crippen LogP contribution is 2.36. The van der Waals surface area contributed by atoms with Gasteiger partial charge in [0.15, 0.2) is 5.76 Å².